The van der Waals surface area contributed by atoms with E-state index in [-0.39, 0.29) is 5.91 Å². The first-order valence-electron chi connectivity index (χ1n) is 6.43. The third kappa shape index (κ3) is 2.91. The summed E-state index contributed by atoms with van der Waals surface area (Å²) in [5.41, 5.74) is 1.02. The molecule has 0 aromatic heterocycles. The third-order valence-corrected chi connectivity index (χ3v) is 5.30. The average molecular weight is 294 g/mol. The third-order valence-electron chi connectivity index (χ3n) is 3.38. The summed E-state index contributed by atoms with van der Waals surface area (Å²) in [5, 5.41) is 0. The molecule has 1 aromatic rings. The summed E-state index contributed by atoms with van der Waals surface area (Å²) in [5.74, 6) is -0.155. The first-order valence-corrected chi connectivity index (χ1v) is 7.87. The molecular formula is C14H18N2O3S. The summed E-state index contributed by atoms with van der Waals surface area (Å²) >= 11 is 0. The van der Waals surface area contributed by atoms with Crippen LogP contribution in [0.25, 0.3) is 0 Å². The maximum Gasteiger partial charge on any atom is 0.246 e. The number of nitrogens with zero attached hydrogens (tertiary/aromatic N) is 2. The van der Waals surface area contributed by atoms with Gasteiger partial charge in [-0.3, -0.25) is 4.79 Å². The van der Waals surface area contributed by atoms with E-state index in [0.717, 1.165) is 5.56 Å². The lowest BCUT2D eigenvalue weighted by Gasteiger charge is -2.33. The lowest BCUT2D eigenvalue weighted by Crippen LogP contribution is -2.50. The van der Waals surface area contributed by atoms with E-state index in [9.17, 15) is 13.2 Å². The Morgan fingerprint density at radius 3 is 2.20 bits per heavy atom. The number of hydrogen-bond donors (Lipinski definition) is 0. The topological polar surface area (TPSA) is 57.7 Å². The van der Waals surface area contributed by atoms with Crippen LogP contribution in [0.3, 0.4) is 0 Å². The fourth-order valence-corrected chi connectivity index (χ4v) is 3.56. The summed E-state index contributed by atoms with van der Waals surface area (Å²) in [4.78, 5) is 13.4. The molecule has 0 N–H and O–H groups in total. The van der Waals surface area contributed by atoms with Gasteiger partial charge in [-0.05, 0) is 25.1 Å². The SMILES string of the molecule is C=CC(=O)N1CCN(S(=O)(=O)c2ccc(C)cc2)CC1. The molecule has 2 rings (SSSR count). The number of benzene rings is 1. The first kappa shape index (κ1) is 14.7. The van der Waals surface area contributed by atoms with Crippen LogP contribution in [0.1, 0.15) is 5.56 Å². The minimum atomic E-state index is -3.47. The molecule has 0 aliphatic carbocycles. The van der Waals surface area contributed by atoms with Crippen LogP contribution in [0, 0.1) is 6.92 Å². The van der Waals surface area contributed by atoms with Crippen molar-refractivity contribution in [1.82, 2.24) is 9.21 Å². The largest absolute Gasteiger partial charge is 0.337 e. The first-order chi connectivity index (χ1) is 9.45. The maximum atomic E-state index is 12.4. The van der Waals surface area contributed by atoms with Crippen molar-refractivity contribution in [3.05, 3.63) is 42.5 Å². The summed E-state index contributed by atoms with van der Waals surface area (Å²) in [6.07, 6.45) is 1.25. The van der Waals surface area contributed by atoms with Gasteiger partial charge >= 0.3 is 0 Å². The monoisotopic (exact) mass is 294 g/mol. The summed E-state index contributed by atoms with van der Waals surface area (Å²) in [6, 6.07) is 6.80. The second-order valence-corrected chi connectivity index (χ2v) is 6.68. The van der Waals surface area contributed by atoms with Crippen LogP contribution in [0.5, 0.6) is 0 Å². The molecule has 0 radical (unpaired) electrons. The number of hydrogen-bond acceptors (Lipinski definition) is 3. The van der Waals surface area contributed by atoms with Gasteiger partial charge in [-0.25, -0.2) is 8.42 Å². The highest BCUT2D eigenvalue weighted by Gasteiger charge is 2.29. The minimum Gasteiger partial charge on any atom is -0.337 e. The van der Waals surface area contributed by atoms with Gasteiger partial charge in [-0.2, -0.15) is 4.31 Å². The summed E-state index contributed by atoms with van der Waals surface area (Å²) < 4.78 is 26.3. The Labute approximate surface area is 119 Å². The molecule has 1 aliphatic rings. The zero-order valence-corrected chi connectivity index (χ0v) is 12.3. The minimum absolute atomic E-state index is 0.155. The molecule has 1 heterocycles. The molecule has 0 spiro atoms. The molecule has 20 heavy (non-hydrogen) atoms. The smallest absolute Gasteiger partial charge is 0.246 e. The van der Waals surface area contributed by atoms with Crippen LogP contribution < -0.4 is 0 Å². The number of amides is 1. The molecule has 0 unspecified atom stereocenters. The van der Waals surface area contributed by atoms with E-state index in [4.69, 9.17) is 0 Å². The van der Waals surface area contributed by atoms with Crippen LogP contribution in [-0.4, -0.2) is 49.7 Å². The van der Waals surface area contributed by atoms with Gasteiger partial charge in [0.15, 0.2) is 0 Å². The fraction of sp³-hybridized carbons (Fsp3) is 0.357. The average Bonchev–Trinajstić information content (AvgIpc) is 2.47. The fourth-order valence-electron chi connectivity index (χ4n) is 2.14. The van der Waals surface area contributed by atoms with Gasteiger partial charge in [0.2, 0.25) is 15.9 Å². The Kier molecular flexibility index (Phi) is 4.25. The van der Waals surface area contributed by atoms with Crippen molar-refractivity contribution in [1.29, 1.82) is 0 Å². The van der Waals surface area contributed by atoms with Crippen molar-refractivity contribution < 1.29 is 13.2 Å². The van der Waals surface area contributed by atoms with Gasteiger partial charge in [0, 0.05) is 26.2 Å². The Bertz CT molecular complexity index is 600. The predicted molar refractivity (Wildman–Crippen MR) is 76.7 cm³/mol. The van der Waals surface area contributed by atoms with E-state index in [1.807, 2.05) is 6.92 Å². The molecule has 1 aliphatic heterocycles. The highest BCUT2D eigenvalue weighted by molar-refractivity contribution is 7.89. The number of carbonyl (C=O) groups is 1. The molecule has 1 saturated heterocycles. The van der Waals surface area contributed by atoms with Gasteiger partial charge in [-0.15, -0.1) is 0 Å². The van der Waals surface area contributed by atoms with Crippen LogP contribution in [0.2, 0.25) is 0 Å². The van der Waals surface area contributed by atoms with E-state index < -0.39 is 10.0 Å². The number of aryl methyl sites for hydroxylation is 1. The summed E-state index contributed by atoms with van der Waals surface area (Å²) in [7, 11) is -3.47. The zero-order chi connectivity index (χ0) is 14.8. The maximum absolute atomic E-state index is 12.4. The van der Waals surface area contributed by atoms with E-state index in [1.54, 1.807) is 29.2 Å². The lowest BCUT2D eigenvalue weighted by molar-refractivity contribution is -0.127. The zero-order valence-electron chi connectivity index (χ0n) is 11.4. The van der Waals surface area contributed by atoms with Crippen molar-refractivity contribution in [3.8, 4) is 0 Å². The van der Waals surface area contributed by atoms with Gasteiger partial charge in [0.1, 0.15) is 0 Å². The molecule has 5 nitrogen and oxygen atoms in total. The molecular weight excluding hydrogens is 276 g/mol. The number of sulfonamides is 1. The Morgan fingerprint density at radius 2 is 1.70 bits per heavy atom. The highest BCUT2D eigenvalue weighted by atomic mass is 32.2. The normalized spacial score (nSPS) is 16.9. The standard InChI is InChI=1S/C14H18N2O3S/c1-3-14(17)15-8-10-16(11-9-15)20(18,19)13-6-4-12(2)5-7-13/h3-7H,1,8-11H2,2H3. The van der Waals surface area contributed by atoms with Crippen molar-refractivity contribution in [3.63, 3.8) is 0 Å². The molecule has 1 fully saturated rings. The molecule has 1 aromatic carbocycles. The number of carbonyl (C=O) groups excluding carboxylic acids is 1. The lowest BCUT2D eigenvalue weighted by atomic mass is 10.2. The second-order valence-electron chi connectivity index (χ2n) is 4.75. The van der Waals surface area contributed by atoms with Crippen molar-refractivity contribution in [2.45, 2.75) is 11.8 Å². The van der Waals surface area contributed by atoms with Crippen molar-refractivity contribution in [2.24, 2.45) is 0 Å². The Morgan fingerprint density at radius 1 is 1.15 bits per heavy atom. The molecule has 6 heteroatoms. The van der Waals surface area contributed by atoms with E-state index in [1.165, 1.54) is 10.4 Å². The van der Waals surface area contributed by atoms with Crippen molar-refractivity contribution in [2.75, 3.05) is 26.2 Å². The quantitative estimate of drug-likeness (QED) is 0.782. The molecule has 0 saturated carbocycles. The molecule has 108 valence electrons. The molecule has 0 atom stereocenters. The van der Waals surface area contributed by atoms with E-state index >= 15 is 0 Å². The van der Waals surface area contributed by atoms with Gasteiger partial charge < -0.3 is 4.90 Å². The van der Waals surface area contributed by atoms with Crippen LogP contribution in [0.15, 0.2) is 41.8 Å². The highest BCUT2D eigenvalue weighted by Crippen LogP contribution is 2.18. The van der Waals surface area contributed by atoms with E-state index in [2.05, 4.69) is 6.58 Å². The number of rotatable bonds is 3. The van der Waals surface area contributed by atoms with Crippen LogP contribution >= 0.6 is 0 Å². The Hall–Kier alpha value is -1.66. The van der Waals surface area contributed by atoms with Crippen molar-refractivity contribution >= 4 is 15.9 Å². The van der Waals surface area contributed by atoms with E-state index in [0.29, 0.717) is 31.1 Å². The predicted octanol–water partition coefficient (Wildman–Crippen LogP) is 1.01. The van der Waals surface area contributed by atoms with Gasteiger partial charge in [-0.1, -0.05) is 24.3 Å². The van der Waals surface area contributed by atoms with Crippen LogP contribution in [0.4, 0.5) is 0 Å². The van der Waals surface area contributed by atoms with Gasteiger partial charge in [0.25, 0.3) is 0 Å². The molecule has 1 amide bonds. The number of piperazine rings is 1. The second kappa shape index (κ2) is 5.76. The van der Waals surface area contributed by atoms with Gasteiger partial charge in [0.05, 0.1) is 4.90 Å². The Balaban J connectivity index is 2.11. The van der Waals surface area contributed by atoms with Crippen LogP contribution in [-0.2, 0) is 14.8 Å². The molecule has 0 bridgehead atoms. The summed E-state index contributed by atoms with van der Waals surface area (Å²) in [6.45, 7) is 6.78.